The maximum atomic E-state index is 12.4. The number of anilines is 1. The fraction of sp³-hybridized carbons (Fsp3) is 0.150. The minimum Gasteiger partial charge on any atom is -0.321 e. The summed E-state index contributed by atoms with van der Waals surface area (Å²) in [5, 5.41) is 8.33. The molecule has 4 aromatic rings. The van der Waals surface area contributed by atoms with Crippen LogP contribution in [-0.4, -0.2) is 20.7 Å². The highest BCUT2D eigenvalue weighted by Crippen LogP contribution is 2.31. The van der Waals surface area contributed by atoms with Gasteiger partial charge in [-0.1, -0.05) is 17.7 Å². The molecular weight excluding hydrogens is 380 g/mol. The molecule has 4 rings (SSSR count). The van der Waals surface area contributed by atoms with Gasteiger partial charge in [-0.05, 0) is 55.8 Å². The third-order valence-corrected chi connectivity index (χ3v) is 5.93. The predicted octanol–water partition coefficient (Wildman–Crippen LogP) is 5.22. The molecule has 2 heterocycles. The lowest BCUT2D eigenvalue weighted by Crippen LogP contribution is -2.13. The number of halogens is 1. The molecule has 0 bridgehead atoms. The Kier molecular flexibility index (Phi) is 4.45. The molecule has 5 nitrogen and oxygen atoms in total. The van der Waals surface area contributed by atoms with Gasteiger partial charge in [0.05, 0.1) is 20.9 Å². The van der Waals surface area contributed by atoms with Gasteiger partial charge in [0.15, 0.2) is 5.69 Å². The standard InChI is InChI=1S/C20H17ClN4OS/c1-11-4-9-15-16(10-11)27-20(23-15)13-5-7-14(8-6-13)22-19(26)18-17(21)12(2)25(3)24-18/h4-10H,1-3H3,(H,22,26). The highest BCUT2D eigenvalue weighted by Gasteiger charge is 2.18. The summed E-state index contributed by atoms with van der Waals surface area (Å²) in [6.45, 7) is 3.89. The summed E-state index contributed by atoms with van der Waals surface area (Å²) in [5.41, 5.74) is 4.89. The van der Waals surface area contributed by atoms with Crippen LogP contribution in [0.25, 0.3) is 20.8 Å². The van der Waals surface area contributed by atoms with E-state index < -0.39 is 0 Å². The van der Waals surface area contributed by atoms with Gasteiger partial charge in [0.1, 0.15) is 5.01 Å². The highest BCUT2D eigenvalue weighted by atomic mass is 35.5. The van der Waals surface area contributed by atoms with Gasteiger partial charge in [0, 0.05) is 18.3 Å². The average Bonchev–Trinajstić information content (AvgIpc) is 3.18. The molecule has 0 aliphatic carbocycles. The van der Waals surface area contributed by atoms with Gasteiger partial charge in [-0.25, -0.2) is 4.98 Å². The van der Waals surface area contributed by atoms with Crippen LogP contribution in [0, 0.1) is 13.8 Å². The van der Waals surface area contributed by atoms with E-state index >= 15 is 0 Å². The number of hydrogen-bond acceptors (Lipinski definition) is 4. The lowest BCUT2D eigenvalue weighted by molar-refractivity contribution is 0.102. The maximum absolute atomic E-state index is 12.4. The Morgan fingerprint density at radius 2 is 1.89 bits per heavy atom. The van der Waals surface area contributed by atoms with E-state index in [1.54, 1.807) is 23.1 Å². The Morgan fingerprint density at radius 1 is 1.15 bits per heavy atom. The molecule has 0 saturated heterocycles. The third kappa shape index (κ3) is 3.34. The summed E-state index contributed by atoms with van der Waals surface area (Å²) < 4.78 is 2.76. The molecule has 0 fully saturated rings. The smallest absolute Gasteiger partial charge is 0.277 e. The Morgan fingerprint density at radius 3 is 2.56 bits per heavy atom. The van der Waals surface area contributed by atoms with Gasteiger partial charge < -0.3 is 5.32 Å². The van der Waals surface area contributed by atoms with E-state index in [4.69, 9.17) is 11.6 Å². The normalized spacial score (nSPS) is 11.1. The number of carbonyl (C=O) groups is 1. The number of benzene rings is 2. The van der Waals surface area contributed by atoms with E-state index in [-0.39, 0.29) is 11.6 Å². The molecule has 0 radical (unpaired) electrons. The largest absolute Gasteiger partial charge is 0.321 e. The summed E-state index contributed by atoms with van der Waals surface area (Å²) in [6.07, 6.45) is 0. The minimum absolute atomic E-state index is 0.224. The second kappa shape index (κ2) is 6.79. The first-order chi connectivity index (χ1) is 12.9. The molecular formula is C20H17ClN4OS. The SMILES string of the molecule is Cc1ccc2nc(-c3ccc(NC(=O)c4nn(C)c(C)c4Cl)cc3)sc2c1. The molecule has 136 valence electrons. The molecule has 7 heteroatoms. The summed E-state index contributed by atoms with van der Waals surface area (Å²) in [4.78, 5) is 17.1. The zero-order chi connectivity index (χ0) is 19.1. The number of carbonyl (C=O) groups excluding carboxylic acids is 1. The average molecular weight is 397 g/mol. The molecule has 1 amide bonds. The lowest BCUT2D eigenvalue weighted by Gasteiger charge is -2.04. The number of amides is 1. The predicted molar refractivity (Wildman–Crippen MR) is 111 cm³/mol. The number of thiazole rings is 1. The van der Waals surface area contributed by atoms with E-state index in [0.29, 0.717) is 10.7 Å². The Labute approximate surface area is 165 Å². The van der Waals surface area contributed by atoms with Crippen molar-refractivity contribution in [1.29, 1.82) is 0 Å². The highest BCUT2D eigenvalue weighted by molar-refractivity contribution is 7.21. The van der Waals surface area contributed by atoms with Crippen LogP contribution < -0.4 is 5.32 Å². The molecule has 2 aromatic heterocycles. The van der Waals surface area contributed by atoms with Gasteiger partial charge in [-0.15, -0.1) is 11.3 Å². The van der Waals surface area contributed by atoms with Crippen LogP contribution in [0.15, 0.2) is 42.5 Å². The van der Waals surface area contributed by atoms with Crippen molar-refractivity contribution in [2.45, 2.75) is 13.8 Å². The first kappa shape index (κ1) is 17.7. The van der Waals surface area contributed by atoms with Gasteiger partial charge >= 0.3 is 0 Å². The second-order valence-electron chi connectivity index (χ2n) is 6.39. The van der Waals surface area contributed by atoms with Crippen LogP contribution in [0.5, 0.6) is 0 Å². The number of nitrogens with zero attached hydrogens (tertiary/aromatic N) is 3. The Bertz CT molecular complexity index is 1160. The van der Waals surface area contributed by atoms with E-state index in [1.165, 1.54) is 10.3 Å². The van der Waals surface area contributed by atoms with Crippen molar-refractivity contribution in [1.82, 2.24) is 14.8 Å². The van der Waals surface area contributed by atoms with Crippen LogP contribution in [0.1, 0.15) is 21.7 Å². The summed E-state index contributed by atoms with van der Waals surface area (Å²) in [6, 6.07) is 13.9. The van der Waals surface area contributed by atoms with Crippen LogP contribution in [0.2, 0.25) is 5.02 Å². The van der Waals surface area contributed by atoms with Crippen molar-refractivity contribution in [3.8, 4) is 10.6 Å². The minimum atomic E-state index is -0.327. The third-order valence-electron chi connectivity index (χ3n) is 4.41. The van der Waals surface area contributed by atoms with Gasteiger partial charge in [0.2, 0.25) is 0 Å². The van der Waals surface area contributed by atoms with Crippen molar-refractivity contribution >= 4 is 44.7 Å². The van der Waals surface area contributed by atoms with Crippen molar-refractivity contribution in [2.75, 3.05) is 5.32 Å². The number of rotatable bonds is 3. The number of aromatic nitrogens is 3. The van der Waals surface area contributed by atoms with Crippen molar-refractivity contribution in [3.05, 3.63) is 64.4 Å². The number of aryl methyl sites for hydroxylation is 2. The fourth-order valence-electron chi connectivity index (χ4n) is 2.77. The van der Waals surface area contributed by atoms with E-state index in [1.807, 2.05) is 37.3 Å². The van der Waals surface area contributed by atoms with Crippen molar-refractivity contribution < 1.29 is 4.79 Å². The molecule has 1 N–H and O–H groups in total. The quantitative estimate of drug-likeness (QED) is 0.516. The first-order valence-corrected chi connectivity index (χ1v) is 9.60. The topological polar surface area (TPSA) is 59.8 Å². The van der Waals surface area contributed by atoms with E-state index in [0.717, 1.165) is 21.8 Å². The van der Waals surface area contributed by atoms with Crippen LogP contribution >= 0.6 is 22.9 Å². The lowest BCUT2D eigenvalue weighted by atomic mass is 10.2. The van der Waals surface area contributed by atoms with Crippen molar-refractivity contribution in [2.24, 2.45) is 7.05 Å². The van der Waals surface area contributed by atoms with Crippen LogP contribution in [0.4, 0.5) is 5.69 Å². The molecule has 0 atom stereocenters. The summed E-state index contributed by atoms with van der Waals surface area (Å²) in [5.74, 6) is -0.327. The zero-order valence-corrected chi connectivity index (χ0v) is 16.6. The zero-order valence-electron chi connectivity index (χ0n) is 15.1. The van der Waals surface area contributed by atoms with Crippen LogP contribution in [0.3, 0.4) is 0 Å². The van der Waals surface area contributed by atoms with Gasteiger partial charge in [0.25, 0.3) is 5.91 Å². The molecule has 0 unspecified atom stereocenters. The number of fused-ring (bicyclic) bond motifs is 1. The molecule has 2 aromatic carbocycles. The maximum Gasteiger partial charge on any atom is 0.277 e. The van der Waals surface area contributed by atoms with Gasteiger partial charge in [-0.2, -0.15) is 5.10 Å². The molecule has 0 saturated carbocycles. The summed E-state index contributed by atoms with van der Waals surface area (Å²) >= 11 is 7.84. The number of nitrogens with one attached hydrogen (secondary N) is 1. The first-order valence-electron chi connectivity index (χ1n) is 8.40. The monoisotopic (exact) mass is 396 g/mol. The second-order valence-corrected chi connectivity index (χ2v) is 7.80. The molecule has 27 heavy (non-hydrogen) atoms. The molecule has 0 spiro atoms. The van der Waals surface area contributed by atoms with E-state index in [9.17, 15) is 4.79 Å². The van der Waals surface area contributed by atoms with Crippen molar-refractivity contribution in [3.63, 3.8) is 0 Å². The Balaban J connectivity index is 1.56. The van der Waals surface area contributed by atoms with E-state index in [2.05, 4.69) is 34.5 Å². The van der Waals surface area contributed by atoms with Gasteiger partial charge in [-0.3, -0.25) is 9.48 Å². The molecule has 0 aliphatic heterocycles. The Hall–Kier alpha value is -2.70. The summed E-state index contributed by atoms with van der Waals surface area (Å²) in [7, 11) is 1.76. The molecule has 0 aliphatic rings. The van der Waals surface area contributed by atoms with Crippen LogP contribution in [-0.2, 0) is 7.05 Å². The number of hydrogen-bond donors (Lipinski definition) is 1. The fourth-order valence-corrected chi connectivity index (χ4v) is 4.08.